The maximum absolute atomic E-state index is 12.7. The summed E-state index contributed by atoms with van der Waals surface area (Å²) >= 11 is 0. The molecular formula is C25H31N3O7. The van der Waals surface area contributed by atoms with Gasteiger partial charge in [-0.25, -0.2) is 15.0 Å². The van der Waals surface area contributed by atoms with Crippen molar-refractivity contribution in [1.29, 1.82) is 0 Å². The Hall–Kier alpha value is -4.08. The van der Waals surface area contributed by atoms with Gasteiger partial charge in [-0.1, -0.05) is 30.3 Å². The molecule has 10 heteroatoms. The lowest BCUT2D eigenvalue weighted by molar-refractivity contribution is -0.145. The van der Waals surface area contributed by atoms with Crippen LogP contribution in [0.5, 0.6) is 11.5 Å². The van der Waals surface area contributed by atoms with Crippen molar-refractivity contribution < 1.29 is 33.3 Å². The highest BCUT2D eigenvalue weighted by Gasteiger charge is 2.21. The topological polar surface area (TPSA) is 125 Å². The van der Waals surface area contributed by atoms with Gasteiger partial charge >= 0.3 is 12.1 Å². The Morgan fingerprint density at radius 1 is 0.914 bits per heavy atom. The number of esters is 1. The van der Waals surface area contributed by atoms with Crippen LogP contribution in [0.15, 0.2) is 53.6 Å². The number of nitrogens with zero attached hydrogens (tertiary/aromatic N) is 1. The molecule has 0 saturated heterocycles. The molecule has 0 aromatic heterocycles. The molecule has 0 unspecified atom stereocenters. The standard InChI is InChI=1S/C25H31N3O7/c1-4-32-22-15-19(12-13-21(22)35-17-23(29)33-5-2)16-26-28-24(30)20(27-25(31)34-6-3)14-18-10-8-7-9-11-18/h7-13,15-16,20H,4-6,14,17H2,1-3H3,(H,27,31)(H,28,30)/b26-16-/t20-/m0/s1. The minimum absolute atomic E-state index is 0.186. The third-order valence-electron chi connectivity index (χ3n) is 4.47. The fourth-order valence-electron chi connectivity index (χ4n) is 2.95. The second-order valence-electron chi connectivity index (χ2n) is 7.07. The SMILES string of the molecule is CCOC(=O)COc1ccc(/C=N\NC(=O)[C@H](Cc2ccccc2)NC(=O)OCC)cc1OCC. The van der Waals surface area contributed by atoms with Crippen molar-refractivity contribution in [2.24, 2.45) is 5.10 Å². The second-order valence-corrected chi connectivity index (χ2v) is 7.07. The lowest BCUT2D eigenvalue weighted by Crippen LogP contribution is -2.47. The van der Waals surface area contributed by atoms with Gasteiger partial charge in [0.05, 0.1) is 26.0 Å². The third-order valence-corrected chi connectivity index (χ3v) is 4.47. The number of rotatable bonds is 13. The Morgan fingerprint density at radius 3 is 2.34 bits per heavy atom. The minimum atomic E-state index is -0.883. The summed E-state index contributed by atoms with van der Waals surface area (Å²) in [6, 6.07) is 13.4. The molecule has 10 nitrogen and oxygen atoms in total. The quantitative estimate of drug-likeness (QED) is 0.254. The van der Waals surface area contributed by atoms with Gasteiger partial charge in [-0.3, -0.25) is 4.79 Å². The van der Waals surface area contributed by atoms with Crippen molar-refractivity contribution >= 4 is 24.2 Å². The Morgan fingerprint density at radius 2 is 1.66 bits per heavy atom. The molecule has 2 aromatic rings. The van der Waals surface area contributed by atoms with Crippen molar-refractivity contribution in [2.75, 3.05) is 26.4 Å². The summed E-state index contributed by atoms with van der Waals surface area (Å²) in [6.45, 7) is 5.81. The number of alkyl carbamates (subject to hydrolysis) is 1. The number of benzene rings is 2. The van der Waals surface area contributed by atoms with Gasteiger partial charge < -0.3 is 24.3 Å². The minimum Gasteiger partial charge on any atom is -0.490 e. The number of hydrogen-bond acceptors (Lipinski definition) is 8. The van der Waals surface area contributed by atoms with Crippen molar-refractivity contribution in [2.45, 2.75) is 33.2 Å². The molecule has 0 aliphatic heterocycles. The van der Waals surface area contributed by atoms with Gasteiger partial charge in [0.2, 0.25) is 0 Å². The zero-order valence-corrected chi connectivity index (χ0v) is 20.1. The molecule has 2 aromatic carbocycles. The number of hydrogen-bond donors (Lipinski definition) is 2. The van der Waals surface area contributed by atoms with E-state index in [1.165, 1.54) is 6.21 Å². The Bertz CT molecular complexity index is 996. The van der Waals surface area contributed by atoms with Gasteiger partial charge in [-0.05, 0) is 50.1 Å². The van der Waals surface area contributed by atoms with Crippen molar-refractivity contribution in [3.8, 4) is 11.5 Å². The number of hydrazone groups is 1. The van der Waals surface area contributed by atoms with Gasteiger partial charge in [0, 0.05) is 6.42 Å². The van der Waals surface area contributed by atoms with Gasteiger partial charge in [0.1, 0.15) is 6.04 Å². The first kappa shape index (κ1) is 27.2. The molecule has 1 atom stereocenters. The molecule has 0 bridgehead atoms. The molecule has 35 heavy (non-hydrogen) atoms. The molecule has 0 heterocycles. The fourth-order valence-corrected chi connectivity index (χ4v) is 2.95. The first-order chi connectivity index (χ1) is 17.0. The summed E-state index contributed by atoms with van der Waals surface area (Å²) in [5, 5.41) is 6.56. The van der Waals surface area contributed by atoms with Crippen LogP contribution in [0.4, 0.5) is 4.79 Å². The van der Waals surface area contributed by atoms with Crippen LogP contribution in [0, 0.1) is 0 Å². The molecule has 2 N–H and O–H groups in total. The summed E-state index contributed by atoms with van der Waals surface area (Å²) in [5.74, 6) is -0.192. The predicted octanol–water partition coefficient (Wildman–Crippen LogP) is 2.83. The lowest BCUT2D eigenvalue weighted by Gasteiger charge is -2.17. The number of carbonyl (C=O) groups is 3. The van der Waals surface area contributed by atoms with Gasteiger partial charge in [0.25, 0.3) is 5.91 Å². The number of amides is 2. The van der Waals surface area contributed by atoms with Gasteiger partial charge in [-0.2, -0.15) is 5.10 Å². The monoisotopic (exact) mass is 485 g/mol. The first-order valence-corrected chi connectivity index (χ1v) is 11.3. The van der Waals surface area contributed by atoms with E-state index < -0.39 is 24.0 Å². The van der Waals surface area contributed by atoms with Crippen LogP contribution < -0.4 is 20.2 Å². The van der Waals surface area contributed by atoms with Crippen LogP contribution >= 0.6 is 0 Å². The molecule has 0 saturated carbocycles. The van der Waals surface area contributed by atoms with E-state index >= 15 is 0 Å². The van der Waals surface area contributed by atoms with Crippen molar-refractivity contribution in [3.63, 3.8) is 0 Å². The van der Waals surface area contributed by atoms with Crippen LogP contribution in [0.3, 0.4) is 0 Å². The van der Waals surface area contributed by atoms with E-state index in [9.17, 15) is 14.4 Å². The summed E-state index contributed by atoms with van der Waals surface area (Å²) in [6.07, 6.45) is 1.01. The summed E-state index contributed by atoms with van der Waals surface area (Å²) in [4.78, 5) is 36.2. The van der Waals surface area contributed by atoms with E-state index in [1.807, 2.05) is 37.3 Å². The molecule has 0 spiro atoms. The highest BCUT2D eigenvalue weighted by Crippen LogP contribution is 2.28. The zero-order valence-electron chi connectivity index (χ0n) is 20.1. The first-order valence-electron chi connectivity index (χ1n) is 11.3. The molecule has 0 radical (unpaired) electrons. The zero-order chi connectivity index (χ0) is 25.5. The van der Waals surface area contributed by atoms with E-state index in [0.29, 0.717) is 23.7 Å². The Labute approximate surface area is 204 Å². The molecule has 2 amide bonds. The fraction of sp³-hybridized carbons (Fsp3) is 0.360. The maximum atomic E-state index is 12.7. The van der Waals surface area contributed by atoms with Crippen molar-refractivity contribution in [1.82, 2.24) is 10.7 Å². The second kappa shape index (κ2) is 14.9. The largest absolute Gasteiger partial charge is 0.490 e. The number of ether oxygens (including phenoxy) is 4. The smallest absolute Gasteiger partial charge is 0.407 e. The number of nitrogens with one attached hydrogen (secondary N) is 2. The Balaban J connectivity index is 2.06. The molecule has 0 fully saturated rings. The van der Waals surface area contributed by atoms with Crippen LogP contribution in [0.25, 0.3) is 0 Å². The van der Waals surface area contributed by atoms with Crippen LogP contribution in [-0.2, 0) is 25.5 Å². The maximum Gasteiger partial charge on any atom is 0.407 e. The summed E-state index contributed by atoms with van der Waals surface area (Å²) in [7, 11) is 0. The third kappa shape index (κ3) is 9.75. The number of carbonyl (C=O) groups excluding carboxylic acids is 3. The molecule has 0 aliphatic rings. The van der Waals surface area contributed by atoms with Crippen LogP contribution in [-0.4, -0.2) is 56.7 Å². The highest BCUT2D eigenvalue weighted by atomic mass is 16.6. The lowest BCUT2D eigenvalue weighted by atomic mass is 10.1. The van der Waals surface area contributed by atoms with Crippen LogP contribution in [0.1, 0.15) is 31.9 Å². The Kier molecular flexibility index (Phi) is 11.6. The summed E-state index contributed by atoms with van der Waals surface area (Å²) < 4.78 is 20.8. The molecule has 2 rings (SSSR count). The van der Waals surface area contributed by atoms with Gasteiger partial charge in [0.15, 0.2) is 18.1 Å². The predicted molar refractivity (Wildman–Crippen MR) is 130 cm³/mol. The normalized spacial score (nSPS) is 11.4. The van der Waals surface area contributed by atoms with E-state index in [4.69, 9.17) is 18.9 Å². The molecular weight excluding hydrogens is 454 g/mol. The molecule has 0 aliphatic carbocycles. The van der Waals surface area contributed by atoms with E-state index in [1.54, 1.807) is 32.0 Å². The highest BCUT2D eigenvalue weighted by molar-refractivity contribution is 5.87. The average molecular weight is 486 g/mol. The van der Waals surface area contributed by atoms with Crippen molar-refractivity contribution in [3.05, 3.63) is 59.7 Å². The van der Waals surface area contributed by atoms with E-state index in [2.05, 4.69) is 15.8 Å². The van der Waals surface area contributed by atoms with Gasteiger partial charge in [-0.15, -0.1) is 0 Å². The molecule has 188 valence electrons. The van der Waals surface area contributed by atoms with E-state index in [0.717, 1.165) is 5.56 Å². The average Bonchev–Trinajstić information content (AvgIpc) is 2.84. The van der Waals surface area contributed by atoms with E-state index in [-0.39, 0.29) is 26.2 Å². The summed E-state index contributed by atoms with van der Waals surface area (Å²) in [5.41, 5.74) is 3.94. The van der Waals surface area contributed by atoms with Crippen LogP contribution in [0.2, 0.25) is 0 Å².